The average Bonchev–Trinajstić information content (AvgIpc) is 2.78. The summed E-state index contributed by atoms with van der Waals surface area (Å²) < 4.78 is 0. The van der Waals surface area contributed by atoms with Crippen LogP contribution in [0.3, 0.4) is 0 Å². The van der Waals surface area contributed by atoms with Gasteiger partial charge in [-0.05, 0) is 26.3 Å². The van der Waals surface area contributed by atoms with E-state index in [-0.39, 0.29) is 0 Å². The van der Waals surface area contributed by atoms with Crippen LogP contribution in [0.25, 0.3) is 0 Å². The maximum atomic E-state index is 11.9. The van der Waals surface area contributed by atoms with Crippen LogP contribution in [0.2, 0.25) is 0 Å². The van der Waals surface area contributed by atoms with Crippen molar-refractivity contribution in [3.05, 3.63) is 35.9 Å². The zero-order valence-corrected chi connectivity index (χ0v) is 11.9. The number of benzene rings is 1. The number of carbonyl (C=O) groups excluding carboxylic acids is 1. The molecule has 0 amide bonds. The van der Waals surface area contributed by atoms with E-state index in [0.717, 1.165) is 17.0 Å². The lowest BCUT2D eigenvalue weighted by molar-refractivity contribution is -0.167. The van der Waals surface area contributed by atoms with Gasteiger partial charge in [-0.15, -0.1) is 0 Å². The molecule has 0 radical (unpaired) electrons. The Morgan fingerprint density at radius 1 is 1.45 bits per heavy atom. The fourth-order valence-corrected chi connectivity index (χ4v) is 1.98. The second-order valence-corrected chi connectivity index (χ2v) is 5.19. The van der Waals surface area contributed by atoms with Crippen LogP contribution in [0.1, 0.15) is 32.8 Å². The van der Waals surface area contributed by atoms with E-state index in [9.17, 15) is 4.79 Å². The molecule has 0 spiro atoms. The SMILES string of the molecule is CC1=NOC(C)(C(=O)O/N=C(\C)Cc2ccccc2)C1. The summed E-state index contributed by atoms with van der Waals surface area (Å²) in [5.41, 5.74) is 1.56. The molecule has 5 nitrogen and oxygen atoms in total. The third kappa shape index (κ3) is 3.44. The van der Waals surface area contributed by atoms with E-state index in [1.165, 1.54) is 0 Å². The molecule has 0 saturated carbocycles. The summed E-state index contributed by atoms with van der Waals surface area (Å²) >= 11 is 0. The first kappa shape index (κ1) is 14.2. The third-order valence-corrected chi connectivity index (χ3v) is 3.02. The summed E-state index contributed by atoms with van der Waals surface area (Å²) in [7, 11) is 0. The average molecular weight is 274 g/mol. The molecular weight excluding hydrogens is 256 g/mol. The van der Waals surface area contributed by atoms with Gasteiger partial charge in [-0.3, -0.25) is 0 Å². The predicted molar refractivity (Wildman–Crippen MR) is 76.6 cm³/mol. The lowest BCUT2D eigenvalue weighted by atomic mass is 10.0. The molecule has 0 N–H and O–H groups in total. The van der Waals surface area contributed by atoms with Crippen molar-refractivity contribution >= 4 is 17.4 Å². The summed E-state index contributed by atoms with van der Waals surface area (Å²) in [6.07, 6.45) is 1.07. The number of hydrogen-bond acceptors (Lipinski definition) is 5. The molecule has 5 heteroatoms. The molecule has 1 aromatic rings. The smallest absolute Gasteiger partial charge is 0.377 e. The van der Waals surface area contributed by atoms with Crippen LogP contribution >= 0.6 is 0 Å². The van der Waals surface area contributed by atoms with E-state index in [2.05, 4.69) is 10.3 Å². The van der Waals surface area contributed by atoms with E-state index in [4.69, 9.17) is 9.68 Å². The number of carbonyl (C=O) groups is 1. The quantitative estimate of drug-likeness (QED) is 0.482. The van der Waals surface area contributed by atoms with Crippen molar-refractivity contribution in [3.63, 3.8) is 0 Å². The van der Waals surface area contributed by atoms with Gasteiger partial charge in [0.15, 0.2) is 0 Å². The first-order valence-corrected chi connectivity index (χ1v) is 6.50. The lowest BCUT2D eigenvalue weighted by Crippen LogP contribution is -2.36. The fraction of sp³-hybridized carbons (Fsp3) is 0.400. The highest BCUT2D eigenvalue weighted by atomic mass is 16.7. The molecule has 1 atom stereocenters. The first-order valence-electron chi connectivity index (χ1n) is 6.50. The van der Waals surface area contributed by atoms with Crippen LogP contribution in [0, 0.1) is 0 Å². The Morgan fingerprint density at radius 2 is 2.15 bits per heavy atom. The molecule has 106 valence electrons. The Kier molecular flexibility index (Phi) is 4.17. The second kappa shape index (κ2) is 5.86. The summed E-state index contributed by atoms with van der Waals surface area (Å²) in [6, 6.07) is 9.87. The first-order chi connectivity index (χ1) is 9.49. The number of hydrogen-bond donors (Lipinski definition) is 0. The summed E-state index contributed by atoms with van der Waals surface area (Å²) in [4.78, 5) is 22.0. The van der Waals surface area contributed by atoms with Gasteiger partial charge >= 0.3 is 5.97 Å². The van der Waals surface area contributed by atoms with Crippen molar-refractivity contribution in [2.24, 2.45) is 10.3 Å². The second-order valence-electron chi connectivity index (χ2n) is 5.19. The van der Waals surface area contributed by atoms with Gasteiger partial charge in [0.2, 0.25) is 5.60 Å². The molecule has 1 heterocycles. The fourth-order valence-electron chi connectivity index (χ4n) is 1.98. The summed E-state index contributed by atoms with van der Waals surface area (Å²) in [5.74, 6) is -0.523. The van der Waals surface area contributed by atoms with Crippen LogP contribution < -0.4 is 0 Å². The third-order valence-electron chi connectivity index (χ3n) is 3.02. The molecule has 0 aliphatic carbocycles. The van der Waals surface area contributed by atoms with E-state index in [1.807, 2.05) is 44.2 Å². The summed E-state index contributed by atoms with van der Waals surface area (Å²) in [5, 5.41) is 7.64. The van der Waals surface area contributed by atoms with E-state index in [0.29, 0.717) is 12.8 Å². The molecule has 0 fully saturated rings. The minimum atomic E-state index is -1.05. The van der Waals surface area contributed by atoms with Gasteiger partial charge in [0.05, 0.1) is 11.4 Å². The minimum Gasteiger partial charge on any atom is -0.377 e. The molecule has 1 aromatic carbocycles. The van der Waals surface area contributed by atoms with Gasteiger partial charge in [0, 0.05) is 12.8 Å². The molecule has 1 aliphatic heterocycles. The predicted octanol–water partition coefficient (Wildman–Crippen LogP) is 2.70. The molecule has 1 aliphatic rings. The van der Waals surface area contributed by atoms with E-state index >= 15 is 0 Å². The molecule has 20 heavy (non-hydrogen) atoms. The van der Waals surface area contributed by atoms with Crippen LogP contribution in [-0.4, -0.2) is 23.0 Å². The van der Waals surface area contributed by atoms with Gasteiger partial charge in [-0.25, -0.2) is 4.79 Å². The number of oxime groups is 2. The standard InChI is InChI=1S/C15H18N2O3/c1-11(9-13-7-5-4-6-8-13)16-19-14(18)15(3)10-12(2)17-20-15/h4-8H,9-10H2,1-3H3/b16-11+. The highest BCUT2D eigenvalue weighted by Crippen LogP contribution is 2.24. The molecule has 0 bridgehead atoms. The Hall–Kier alpha value is -2.17. The van der Waals surface area contributed by atoms with Gasteiger partial charge in [-0.1, -0.05) is 40.6 Å². The van der Waals surface area contributed by atoms with E-state index in [1.54, 1.807) is 6.92 Å². The van der Waals surface area contributed by atoms with Crippen LogP contribution in [-0.2, 0) is 20.9 Å². The van der Waals surface area contributed by atoms with Gasteiger partial charge in [-0.2, -0.15) is 0 Å². The van der Waals surface area contributed by atoms with E-state index < -0.39 is 11.6 Å². The Labute approximate surface area is 118 Å². The van der Waals surface area contributed by atoms with Crippen LogP contribution in [0.15, 0.2) is 40.6 Å². The lowest BCUT2D eigenvalue weighted by Gasteiger charge is -2.16. The highest BCUT2D eigenvalue weighted by molar-refractivity contribution is 5.92. The van der Waals surface area contributed by atoms with Crippen molar-refractivity contribution in [2.75, 3.05) is 0 Å². The molecule has 0 saturated heterocycles. The normalized spacial score (nSPS) is 22.1. The van der Waals surface area contributed by atoms with Crippen LogP contribution in [0.4, 0.5) is 0 Å². The monoisotopic (exact) mass is 274 g/mol. The van der Waals surface area contributed by atoms with Crippen molar-refractivity contribution < 1.29 is 14.5 Å². The molecule has 1 unspecified atom stereocenters. The van der Waals surface area contributed by atoms with Gasteiger partial charge < -0.3 is 9.68 Å². The maximum absolute atomic E-state index is 11.9. The number of rotatable bonds is 4. The minimum absolute atomic E-state index is 0.430. The molecule has 2 rings (SSSR count). The topological polar surface area (TPSA) is 60.2 Å². The van der Waals surface area contributed by atoms with Gasteiger partial charge in [0.25, 0.3) is 0 Å². The zero-order valence-electron chi connectivity index (χ0n) is 11.9. The Bertz CT molecular complexity index is 551. The highest BCUT2D eigenvalue weighted by Gasteiger charge is 2.43. The zero-order chi connectivity index (χ0) is 14.6. The van der Waals surface area contributed by atoms with Gasteiger partial charge in [0.1, 0.15) is 0 Å². The largest absolute Gasteiger partial charge is 0.381 e. The Balaban J connectivity index is 1.91. The van der Waals surface area contributed by atoms with Crippen molar-refractivity contribution in [2.45, 2.75) is 39.2 Å². The van der Waals surface area contributed by atoms with Crippen molar-refractivity contribution in [1.82, 2.24) is 0 Å². The summed E-state index contributed by atoms with van der Waals surface area (Å²) in [6.45, 7) is 5.28. The van der Waals surface area contributed by atoms with Crippen molar-refractivity contribution in [3.8, 4) is 0 Å². The van der Waals surface area contributed by atoms with Crippen molar-refractivity contribution in [1.29, 1.82) is 0 Å². The Morgan fingerprint density at radius 3 is 2.75 bits per heavy atom. The maximum Gasteiger partial charge on any atom is 0.381 e. The number of nitrogens with zero attached hydrogens (tertiary/aromatic N) is 2. The molecular formula is C15H18N2O3. The van der Waals surface area contributed by atoms with Crippen LogP contribution in [0.5, 0.6) is 0 Å². The molecule has 0 aromatic heterocycles.